The highest BCUT2D eigenvalue weighted by atomic mass is 35.5. The molecule has 4 rings (SSSR count). The number of halogens is 7. The van der Waals surface area contributed by atoms with E-state index in [1.165, 1.54) is 36.5 Å². The van der Waals surface area contributed by atoms with Crippen molar-refractivity contribution in [2.45, 2.75) is 18.1 Å². The Morgan fingerprint density at radius 3 is 2.21 bits per heavy atom. The summed E-state index contributed by atoms with van der Waals surface area (Å²) in [5, 5.41) is 5.69. The van der Waals surface area contributed by atoms with Crippen LogP contribution in [0.2, 0.25) is 10.0 Å². The number of nitrogens with one attached hydrogen (secondary N) is 2. The Morgan fingerprint density at radius 1 is 0.816 bits per heavy atom. The third-order valence-electron chi connectivity index (χ3n) is 5.65. The number of nitrogens with zero attached hydrogens (tertiary/aromatic N) is 1. The maximum absolute atomic E-state index is 14.7. The number of benzene rings is 3. The first kappa shape index (κ1) is 27.3. The van der Waals surface area contributed by atoms with E-state index in [0.717, 1.165) is 18.2 Å². The molecule has 11 heteroatoms. The lowest BCUT2D eigenvalue weighted by Gasteiger charge is -2.36. The molecular weight excluding hydrogens is 548 g/mol. The average molecular weight is 566 g/mol. The Labute approximate surface area is 224 Å². The number of alkyl halides is 3. The van der Waals surface area contributed by atoms with Crippen molar-refractivity contribution in [1.29, 1.82) is 0 Å². The van der Waals surface area contributed by atoms with Gasteiger partial charge in [0.25, 0.3) is 0 Å². The van der Waals surface area contributed by atoms with Crippen LogP contribution in [0.5, 0.6) is 0 Å². The lowest BCUT2D eigenvalue weighted by atomic mass is 9.79. The first-order chi connectivity index (χ1) is 17.9. The summed E-state index contributed by atoms with van der Waals surface area (Å²) in [5.41, 5.74) is -2.71. The van der Waals surface area contributed by atoms with Gasteiger partial charge in [-0.1, -0.05) is 41.4 Å². The maximum Gasteiger partial charge on any atom is 0.416 e. The summed E-state index contributed by atoms with van der Waals surface area (Å²) in [4.78, 5) is 17.5. The van der Waals surface area contributed by atoms with Gasteiger partial charge in [-0.3, -0.25) is 4.98 Å². The molecule has 0 aliphatic heterocycles. The van der Waals surface area contributed by atoms with E-state index in [0.29, 0.717) is 16.7 Å². The van der Waals surface area contributed by atoms with Crippen LogP contribution in [0.1, 0.15) is 22.4 Å². The topological polar surface area (TPSA) is 54.0 Å². The van der Waals surface area contributed by atoms with Gasteiger partial charge in [0.1, 0.15) is 17.2 Å². The summed E-state index contributed by atoms with van der Waals surface area (Å²) < 4.78 is 69.5. The van der Waals surface area contributed by atoms with Crippen LogP contribution in [0.4, 0.5) is 32.4 Å². The fraction of sp³-hybridized carbons (Fsp3) is 0.111. The second-order valence-corrected chi connectivity index (χ2v) is 9.26. The third-order valence-corrected chi connectivity index (χ3v) is 6.11. The Bertz CT molecular complexity index is 1460. The predicted molar refractivity (Wildman–Crippen MR) is 135 cm³/mol. The second kappa shape index (κ2) is 11.0. The van der Waals surface area contributed by atoms with Crippen molar-refractivity contribution in [1.82, 2.24) is 10.3 Å². The zero-order valence-electron chi connectivity index (χ0n) is 19.3. The van der Waals surface area contributed by atoms with E-state index in [-0.39, 0.29) is 28.4 Å². The molecule has 0 radical (unpaired) electrons. The summed E-state index contributed by atoms with van der Waals surface area (Å²) in [6.07, 6.45) is -3.81. The molecule has 3 aromatic carbocycles. The van der Waals surface area contributed by atoms with Crippen molar-refractivity contribution in [2.75, 3.05) is 5.32 Å². The largest absolute Gasteiger partial charge is 0.416 e. The van der Waals surface area contributed by atoms with Crippen molar-refractivity contribution < 1.29 is 26.7 Å². The van der Waals surface area contributed by atoms with Crippen LogP contribution in [0.15, 0.2) is 85.1 Å². The van der Waals surface area contributed by atoms with Gasteiger partial charge in [-0.25, -0.2) is 13.6 Å². The Morgan fingerprint density at radius 2 is 1.55 bits per heavy atom. The van der Waals surface area contributed by atoms with E-state index >= 15 is 0 Å². The van der Waals surface area contributed by atoms with Gasteiger partial charge in [-0.15, -0.1) is 0 Å². The minimum absolute atomic E-state index is 0.0648. The van der Waals surface area contributed by atoms with Crippen molar-refractivity contribution >= 4 is 34.9 Å². The van der Waals surface area contributed by atoms with E-state index in [4.69, 9.17) is 23.2 Å². The lowest BCUT2D eigenvalue weighted by Crippen LogP contribution is -2.50. The lowest BCUT2D eigenvalue weighted by molar-refractivity contribution is -0.137. The Hall–Kier alpha value is -3.69. The number of carbonyl (C=O) groups is 1. The van der Waals surface area contributed by atoms with Gasteiger partial charge in [-0.2, -0.15) is 13.2 Å². The van der Waals surface area contributed by atoms with Gasteiger partial charge >= 0.3 is 12.2 Å². The highest BCUT2D eigenvalue weighted by Gasteiger charge is 2.41. The number of hydrogen-bond donors (Lipinski definition) is 2. The first-order valence-electron chi connectivity index (χ1n) is 11.0. The van der Waals surface area contributed by atoms with Gasteiger partial charge in [0.05, 0.1) is 16.3 Å². The van der Waals surface area contributed by atoms with Crippen LogP contribution in [0.3, 0.4) is 0 Å². The molecule has 2 amide bonds. The van der Waals surface area contributed by atoms with Crippen LogP contribution < -0.4 is 10.6 Å². The molecule has 0 aliphatic rings. The molecular formula is C27H18Cl2F5N3O. The molecule has 196 valence electrons. The minimum atomic E-state index is -4.88. The molecule has 4 nitrogen and oxygen atoms in total. The van der Waals surface area contributed by atoms with Crippen molar-refractivity contribution in [3.05, 3.63) is 129 Å². The molecule has 0 bridgehead atoms. The highest BCUT2D eigenvalue weighted by molar-refractivity contribution is 6.30. The monoisotopic (exact) mass is 565 g/mol. The van der Waals surface area contributed by atoms with Gasteiger partial charge in [0.2, 0.25) is 0 Å². The van der Waals surface area contributed by atoms with Crippen LogP contribution >= 0.6 is 23.2 Å². The normalized spacial score (nSPS) is 13.0. The van der Waals surface area contributed by atoms with Gasteiger partial charge in [0, 0.05) is 23.3 Å². The van der Waals surface area contributed by atoms with Gasteiger partial charge < -0.3 is 10.6 Å². The second-order valence-electron chi connectivity index (χ2n) is 8.39. The molecule has 0 saturated carbocycles. The summed E-state index contributed by atoms with van der Waals surface area (Å²) in [6, 6.07) is 15.4. The Kier molecular flexibility index (Phi) is 7.89. The van der Waals surface area contributed by atoms with Crippen molar-refractivity contribution in [2.24, 2.45) is 0 Å². The van der Waals surface area contributed by atoms with Crippen molar-refractivity contribution in [3.63, 3.8) is 0 Å². The van der Waals surface area contributed by atoms with Crippen LogP contribution in [-0.2, 0) is 18.1 Å². The van der Waals surface area contributed by atoms with Gasteiger partial charge in [0.15, 0.2) is 0 Å². The van der Waals surface area contributed by atoms with Crippen LogP contribution in [-0.4, -0.2) is 11.0 Å². The number of amides is 2. The van der Waals surface area contributed by atoms with Crippen molar-refractivity contribution in [3.8, 4) is 0 Å². The maximum atomic E-state index is 14.7. The molecule has 1 atom stereocenters. The molecule has 1 aromatic heterocycles. The van der Waals surface area contributed by atoms with E-state index in [2.05, 4.69) is 15.6 Å². The van der Waals surface area contributed by atoms with Crippen LogP contribution in [0, 0.1) is 11.6 Å². The van der Waals surface area contributed by atoms with E-state index in [1.807, 2.05) is 0 Å². The highest BCUT2D eigenvalue weighted by Crippen LogP contribution is 2.38. The number of aromatic nitrogens is 1. The summed E-state index contributed by atoms with van der Waals surface area (Å²) in [6.45, 7) is 0. The van der Waals surface area contributed by atoms with Crippen LogP contribution in [0.25, 0.3) is 0 Å². The zero-order valence-corrected chi connectivity index (χ0v) is 20.8. The third kappa shape index (κ3) is 6.41. The zero-order chi connectivity index (χ0) is 27.5. The van der Waals surface area contributed by atoms with E-state index in [1.54, 1.807) is 24.3 Å². The summed E-state index contributed by atoms with van der Waals surface area (Å²) in [7, 11) is 0. The number of rotatable bonds is 6. The smallest absolute Gasteiger partial charge is 0.322 e. The van der Waals surface area contributed by atoms with Gasteiger partial charge in [-0.05, 0) is 71.8 Å². The molecule has 0 aliphatic carbocycles. The summed E-state index contributed by atoms with van der Waals surface area (Å²) >= 11 is 12.2. The number of hydrogen-bond acceptors (Lipinski definition) is 2. The standard InChI is InChI=1S/C27H18Cl2F5N3O/c28-19-4-1-3-16(9-19)14-26(24-8-7-20(29)15-35-24,17-10-18(27(32,33)34)12-22(31)11-17)37-25(38)36-23-6-2-5-21(30)13-23/h1-13,15H,14H2,(H2,36,37,38). The minimum Gasteiger partial charge on any atom is -0.322 e. The average Bonchev–Trinajstić information content (AvgIpc) is 2.83. The molecule has 2 N–H and O–H groups in total. The molecule has 38 heavy (non-hydrogen) atoms. The number of urea groups is 1. The SMILES string of the molecule is O=C(Nc1cccc(F)c1)NC(Cc1cccc(Cl)c1)(c1cc(F)cc(C(F)(F)F)c1)c1ccc(Cl)cn1. The summed E-state index contributed by atoms with van der Waals surface area (Å²) in [5.74, 6) is -1.79. The molecule has 1 heterocycles. The number of pyridine rings is 1. The predicted octanol–water partition coefficient (Wildman–Crippen LogP) is 7.99. The Balaban J connectivity index is 1.92. The molecule has 0 spiro atoms. The molecule has 0 fully saturated rings. The molecule has 1 unspecified atom stereocenters. The first-order valence-corrected chi connectivity index (χ1v) is 11.8. The fourth-order valence-electron chi connectivity index (χ4n) is 4.02. The fourth-order valence-corrected chi connectivity index (χ4v) is 4.35. The molecule has 0 saturated heterocycles. The quantitative estimate of drug-likeness (QED) is 0.233. The van der Waals surface area contributed by atoms with E-state index in [9.17, 15) is 26.7 Å². The molecule has 4 aromatic rings. The number of anilines is 1. The van der Waals surface area contributed by atoms with E-state index < -0.39 is 34.9 Å². The number of carbonyl (C=O) groups excluding carboxylic acids is 1.